The molecule has 0 radical (unpaired) electrons. The van der Waals surface area contributed by atoms with E-state index in [-0.39, 0.29) is 17.8 Å². The quantitative estimate of drug-likeness (QED) is 0.489. The molecule has 2 aliphatic rings. The van der Waals surface area contributed by atoms with E-state index in [1.165, 1.54) is 63.0 Å². The minimum atomic E-state index is 0. The first-order valence-corrected chi connectivity index (χ1v) is 11.1. The highest BCUT2D eigenvalue weighted by molar-refractivity contribution is 5.85. The van der Waals surface area contributed by atoms with E-state index in [4.69, 9.17) is 0 Å². The van der Waals surface area contributed by atoms with Crippen LogP contribution in [0.1, 0.15) is 72.3 Å². The fraction of sp³-hybridized carbons (Fsp3) is 0.680. The number of para-hydroxylation sites is 1. The van der Waals surface area contributed by atoms with Gasteiger partial charge in [-0.15, -0.1) is 12.4 Å². The highest BCUT2D eigenvalue weighted by atomic mass is 35.5. The van der Waals surface area contributed by atoms with Crippen molar-refractivity contribution in [3.63, 3.8) is 0 Å². The lowest BCUT2D eigenvalue weighted by Gasteiger charge is -2.41. The average Bonchev–Trinajstić information content (AvgIpc) is 2.60. The summed E-state index contributed by atoms with van der Waals surface area (Å²) in [6.45, 7) is 17.9. The van der Waals surface area contributed by atoms with Gasteiger partial charge >= 0.3 is 0 Å². The molecule has 0 atom stereocenters. The number of benzene rings is 1. The molecule has 158 valence electrons. The molecule has 1 aromatic rings. The molecule has 2 nitrogen and oxygen atoms in total. The largest absolute Gasteiger partial charge is 0.368 e. The summed E-state index contributed by atoms with van der Waals surface area (Å²) in [6.07, 6.45) is 9.03. The van der Waals surface area contributed by atoms with E-state index in [2.05, 4.69) is 74.8 Å². The first-order valence-electron chi connectivity index (χ1n) is 11.1. The van der Waals surface area contributed by atoms with Gasteiger partial charge in [0, 0.05) is 37.4 Å². The Morgan fingerprint density at radius 3 is 2.25 bits per heavy atom. The predicted octanol–water partition coefficient (Wildman–Crippen LogP) is 6.65. The van der Waals surface area contributed by atoms with Crippen LogP contribution in [0.15, 0.2) is 30.3 Å². The van der Waals surface area contributed by atoms with Crippen molar-refractivity contribution in [2.75, 3.05) is 37.6 Å². The summed E-state index contributed by atoms with van der Waals surface area (Å²) in [5.74, 6) is 0. The molecule has 0 spiro atoms. The lowest BCUT2D eigenvalue weighted by molar-refractivity contribution is 0.228. The number of unbranched alkanes of at least 4 members (excludes halogenated alkanes) is 2. The fourth-order valence-corrected chi connectivity index (χ4v) is 5.38. The number of hydrogen-bond acceptors (Lipinski definition) is 2. The third-order valence-corrected chi connectivity index (χ3v) is 6.21. The zero-order valence-corrected chi connectivity index (χ0v) is 19.6. The fourth-order valence-electron chi connectivity index (χ4n) is 5.38. The van der Waals surface area contributed by atoms with E-state index in [1.54, 1.807) is 5.57 Å². The van der Waals surface area contributed by atoms with E-state index in [0.29, 0.717) is 5.41 Å². The van der Waals surface area contributed by atoms with Crippen molar-refractivity contribution >= 4 is 23.7 Å². The van der Waals surface area contributed by atoms with E-state index in [9.17, 15) is 0 Å². The predicted molar refractivity (Wildman–Crippen MR) is 127 cm³/mol. The number of hydrogen-bond donors (Lipinski definition) is 0. The van der Waals surface area contributed by atoms with Crippen molar-refractivity contribution in [3.8, 4) is 0 Å². The van der Waals surface area contributed by atoms with Gasteiger partial charge in [-0.3, -0.25) is 4.90 Å². The van der Waals surface area contributed by atoms with Crippen LogP contribution in [0, 0.1) is 10.8 Å². The Balaban J connectivity index is 0.00000280. The molecule has 0 unspecified atom stereocenters. The Morgan fingerprint density at radius 1 is 0.929 bits per heavy atom. The molecule has 3 heteroatoms. The molecule has 0 amide bonds. The van der Waals surface area contributed by atoms with Gasteiger partial charge in [0.25, 0.3) is 0 Å². The minimum absolute atomic E-state index is 0. The van der Waals surface area contributed by atoms with Crippen LogP contribution in [-0.4, -0.2) is 37.6 Å². The molecule has 1 aliphatic heterocycles. The minimum Gasteiger partial charge on any atom is -0.368 e. The van der Waals surface area contributed by atoms with Gasteiger partial charge in [-0.2, -0.15) is 0 Å². The zero-order chi connectivity index (χ0) is 19.5. The summed E-state index contributed by atoms with van der Waals surface area (Å²) in [5.41, 5.74) is 5.13. The van der Waals surface area contributed by atoms with Crippen molar-refractivity contribution in [1.82, 2.24) is 4.90 Å². The summed E-state index contributed by atoms with van der Waals surface area (Å²) >= 11 is 0. The van der Waals surface area contributed by atoms with E-state index < -0.39 is 0 Å². The summed E-state index contributed by atoms with van der Waals surface area (Å²) in [4.78, 5) is 5.28. The highest BCUT2D eigenvalue weighted by Gasteiger charge is 2.34. The molecule has 1 heterocycles. The summed E-state index contributed by atoms with van der Waals surface area (Å²) in [5, 5.41) is 0. The SMILES string of the molecule is CCCCCN1CCN(c2ccccc2C2=CC(C)(C)CC(C)(C)C2)CC1.Cl. The standard InChI is InChI=1S/C25H40N2.ClH/c1-6-7-10-13-26-14-16-27(17-15-26)23-12-9-8-11-22(23)21-18-24(2,3)20-25(4,5)19-21;/h8-9,11-12,18H,6-7,10,13-17,19-20H2,1-5H3;1H. The van der Waals surface area contributed by atoms with Crippen LogP contribution in [0.3, 0.4) is 0 Å². The number of rotatable bonds is 6. The van der Waals surface area contributed by atoms with Crippen molar-refractivity contribution < 1.29 is 0 Å². The molecule has 3 rings (SSSR count). The topological polar surface area (TPSA) is 6.48 Å². The molecule has 1 saturated heterocycles. The van der Waals surface area contributed by atoms with Crippen LogP contribution in [0.25, 0.3) is 5.57 Å². The molecule has 0 aromatic heterocycles. The summed E-state index contributed by atoms with van der Waals surface area (Å²) in [6, 6.07) is 9.13. The van der Waals surface area contributed by atoms with Gasteiger partial charge < -0.3 is 4.90 Å². The summed E-state index contributed by atoms with van der Waals surface area (Å²) in [7, 11) is 0. The van der Waals surface area contributed by atoms with Crippen molar-refractivity contribution in [2.45, 2.75) is 66.7 Å². The molecule has 28 heavy (non-hydrogen) atoms. The molecular weight excluding hydrogens is 364 g/mol. The number of anilines is 1. The van der Waals surface area contributed by atoms with Gasteiger partial charge in [0.15, 0.2) is 0 Å². The number of nitrogens with zero attached hydrogens (tertiary/aromatic N) is 2. The van der Waals surface area contributed by atoms with Gasteiger partial charge in [0.2, 0.25) is 0 Å². The van der Waals surface area contributed by atoms with Gasteiger partial charge in [-0.25, -0.2) is 0 Å². The zero-order valence-electron chi connectivity index (χ0n) is 18.8. The lowest BCUT2D eigenvalue weighted by atomic mass is 9.65. The number of allylic oxidation sites excluding steroid dienone is 2. The number of halogens is 1. The van der Waals surface area contributed by atoms with E-state index in [1.807, 2.05) is 0 Å². The van der Waals surface area contributed by atoms with Crippen molar-refractivity contribution in [3.05, 3.63) is 35.9 Å². The second kappa shape index (κ2) is 9.67. The van der Waals surface area contributed by atoms with Gasteiger partial charge in [-0.05, 0) is 48.3 Å². The second-order valence-electron chi connectivity index (χ2n) is 10.2. The Hall–Kier alpha value is -0.990. The third-order valence-electron chi connectivity index (χ3n) is 6.21. The van der Waals surface area contributed by atoms with Gasteiger partial charge in [0.05, 0.1) is 0 Å². The Morgan fingerprint density at radius 2 is 1.61 bits per heavy atom. The van der Waals surface area contributed by atoms with Crippen LogP contribution in [0.5, 0.6) is 0 Å². The second-order valence-corrected chi connectivity index (χ2v) is 10.2. The van der Waals surface area contributed by atoms with Gasteiger partial charge in [-0.1, -0.05) is 71.7 Å². The third kappa shape index (κ3) is 6.00. The highest BCUT2D eigenvalue weighted by Crippen LogP contribution is 2.48. The van der Waals surface area contributed by atoms with Crippen LogP contribution < -0.4 is 4.90 Å². The van der Waals surface area contributed by atoms with E-state index in [0.717, 1.165) is 13.1 Å². The first kappa shape index (κ1) is 23.3. The summed E-state index contributed by atoms with van der Waals surface area (Å²) < 4.78 is 0. The van der Waals surface area contributed by atoms with Crippen molar-refractivity contribution in [2.24, 2.45) is 10.8 Å². The monoisotopic (exact) mass is 404 g/mol. The molecular formula is C25H41ClN2. The lowest BCUT2D eigenvalue weighted by Crippen LogP contribution is -2.47. The van der Waals surface area contributed by atoms with Crippen molar-refractivity contribution in [1.29, 1.82) is 0 Å². The molecule has 0 N–H and O–H groups in total. The van der Waals surface area contributed by atoms with Gasteiger partial charge in [0.1, 0.15) is 0 Å². The van der Waals surface area contributed by atoms with Crippen LogP contribution >= 0.6 is 12.4 Å². The van der Waals surface area contributed by atoms with E-state index >= 15 is 0 Å². The average molecular weight is 405 g/mol. The Bertz CT molecular complexity index is 654. The Kier molecular flexibility index (Phi) is 8.05. The maximum Gasteiger partial charge on any atom is 0.0443 e. The van der Waals surface area contributed by atoms with Crippen LogP contribution in [-0.2, 0) is 0 Å². The molecule has 0 bridgehead atoms. The molecule has 1 aliphatic carbocycles. The maximum absolute atomic E-state index is 2.65. The normalized spacial score (nSPS) is 21.8. The Labute approximate surface area is 179 Å². The maximum atomic E-state index is 2.65. The van der Waals surface area contributed by atoms with Crippen LogP contribution in [0.4, 0.5) is 5.69 Å². The van der Waals surface area contributed by atoms with Crippen LogP contribution in [0.2, 0.25) is 0 Å². The first-order chi connectivity index (χ1) is 12.8. The molecule has 0 saturated carbocycles. The number of piperazine rings is 1. The molecule has 1 aromatic carbocycles. The molecule has 1 fully saturated rings. The smallest absolute Gasteiger partial charge is 0.0443 e.